The Morgan fingerprint density at radius 3 is 2.50 bits per heavy atom. The van der Waals surface area contributed by atoms with Crippen molar-refractivity contribution in [3.8, 4) is 22.5 Å². The third-order valence-corrected chi connectivity index (χ3v) is 7.22. The molecule has 0 atom stereocenters. The molecule has 0 N–H and O–H groups in total. The number of imidazole rings is 1. The van der Waals surface area contributed by atoms with Gasteiger partial charge in [-0.05, 0) is 37.8 Å². The molecular formula is C28H25ClN4O. The SMILES string of the molecule is CO[C@H]1CC[C@H](c2nc(-c3ccc4ccc(-c5ccccc5)nc4c3)c3c(Cl)nccn32)CC1. The highest BCUT2D eigenvalue weighted by atomic mass is 35.5. The van der Waals surface area contributed by atoms with Gasteiger partial charge in [-0.15, -0.1) is 0 Å². The van der Waals surface area contributed by atoms with Crippen LogP contribution in [0.2, 0.25) is 5.15 Å². The van der Waals surface area contributed by atoms with Crippen LogP contribution in [0.4, 0.5) is 0 Å². The number of ether oxygens (including phenoxy) is 1. The average Bonchev–Trinajstić information content (AvgIpc) is 3.30. The lowest BCUT2D eigenvalue weighted by molar-refractivity contribution is 0.0650. The van der Waals surface area contributed by atoms with Crippen LogP contribution in [0.3, 0.4) is 0 Å². The van der Waals surface area contributed by atoms with E-state index in [9.17, 15) is 0 Å². The molecule has 0 spiro atoms. The molecule has 5 nitrogen and oxygen atoms in total. The summed E-state index contributed by atoms with van der Waals surface area (Å²) in [5.74, 6) is 1.42. The van der Waals surface area contributed by atoms with Crippen LogP contribution >= 0.6 is 11.6 Å². The van der Waals surface area contributed by atoms with E-state index < -0.39 is 0 Å². The summed E-state index contributed by atoms with van der Waals surface area (Å²) in [6.45, 7) is 0. The van der Waals surface area contributed by atoms with Crippen LogP contribution in [0.25, 0.3) is 38.9 Å². The molecule has 1 fully saturated rings. The number of fused-ring (bicyclic) bond motifs is 2. The lowest BCUT2D eigenvalue weighted by atomic mass is 9.87. The number of halogens is 1. The van der Waals surface area contributed by atoms with Gasteiger partial charge in [-0.3, -0.25) is 4.40 Å². The molecule has 1 aliphatic rings. The van der Waals surface area contributed by atoms with Crippen molar-refractivity contribution in [1.29, 1.82) is 0 Å². The predicted octanol–water partition coefficient (Wildman–Crippen LogP) is 6.94. The molecule has 0 aliphatic heterocycles. The molecule has 170 valence electrons. The molecule has 34 heavy (non-hydrogen) atoms. The Kier molecular flexibility index (Phi) is 5.52. The fraction of sp³-hybridized carbons (Fsp3) is 0.250. The molecule has 1 saturated carbocycles. The molecule has 3 aromatic heterocycles. The first-order chi connectivity index (χ1) is 16.7. The van der Waals surface area contributed by atoms with E-state index in [0.717, 1.165) is 70.4 Å². The van der Waals surface area contributed by atoms with E-state index in [1.165, 1.54) is 0 Å². The highest BCUT2D eigenvalue weighted by Gasteiger charge is 2.27. The number of nitrogens with zero attached hydrogens (tertiary/aromatic N) is 4. The maximum atomic E-state index is 6.63. The van der Waals surface area contributed by atoms with Gasteiger partial charge in [-0.25, -0.2) is 15.0 Å². The lowest BCUT2D eigenvalue weighted by Gasteiger charge is -2.26. The van der Waals surface area contributed by atoms with Gasteiger partial charge in [0.25, 0.3) is 0 Å². The Morgan fingerprint density at radius 1 is 0.912 bits per heavy atom. The number of aromatic nitrogens is 4. The number of methoxy groups -OCH3 is 1. The van der Waals surface area contributed by atoms with Crippen LogP contribution in [0.15, 0.2) is 73.1 Å². The van der Waals surface area contributed by atoms with E-state index in [0.29, 0.717) is 17.2 Å². The smallest absolute Gasteiger partial charge is 0.155 e. The summed E-state index contributed by atoms with van der Waals surface area (Å²) in [5.41, 5.74) is 5.69. The van der Waals surface area contributed by atoms with Crippen molar-refractivity contribution in [3.63, 3.8) is 0 Å². The normalized spacial score (nSPS) is 18.5. The summed E-state index contributed by atoms with van der Waals surface area (Å²) in [6, 6.07) is 20.7. The first-order valence-corrected chi connectivity index (χ1v) is 12.1. The minimum atomic E-state index is 0.345. The van der Waals surface area contributed by atoms with Crippen molar-refractivity contribution < 1.29 is 4.74 Å². The second-order valence-corrected chi connectivity index (χ2v) is 9.29. The summed E-state index contributed by atoms with van der Waals surface area (Å²) < 4.78 is 7.70. The van der Waals surface area contributed by atoms with Gasteiger partial charge >= 0.3 is 0 Å². The van der Waals surface area contributed by atoms with E-state index in [1.54, 1.807) is 13.3 Å². The molecule has 6 heteroatoms. The molecule has 0 unspecified atom stereocenters. The third kappa shape index (κ3) is 3.75. The van der Waals surface area contributed by atoms with Gasteiger partial charge in [0.1, 0.15) is 11.3 Å². The second-order valence-electron chi connectivity index (χ2n) is 8.93. The van der Waals surface area contributed by atoms with Crippen LogP contribution < -0.4 is 0 Å². The van der Waals surface area contributed by atoms with Crippen molar-refractivity contribution in [3.05, 3.63) is 84.0 Å². The van der Waals surface area contributed by atoms with Gasteiger partial charge < -0.3 is 4.74 Å². The van der Waals surface area contributed by atoms with Crippen LogP contribution in [-0.2, 0) is 4.74 Å². The van der Waals surface area contributed by atoms with E-state index in [2.05, 4.69) is 51.8 Å². The Bertz CT molecular complexity index is 1470. The number of hydrogen-bond donors (Lipinski definition) is 0. The topological polar surface area (TPSA) is 52.3 Å². The van der Waals surface area contributed by atoms with Crippen molar-refractivity contribution in [2.45, 2.75) is 37.7 Å². The summed E-state index contributed by atoms with van der Waals surface area (Å²) in [4.78, 5) is 14.5. The predicted molar refractivity (Wildman–Crippen MR) is 136 cm³/mol. The molecule has 0 amide bonds. The molecule has 0 saturated heterocycles. The third-order valence-electron chi connectivity index (χ3n) is 6.95. The van der Waals surface area contributed by atoms with Crippen LogP contribution in [0.1, 0.15) is 37.4 Å². The Morgan fingerprint density at radius 2 is 1.71 bits per heavy atom. The zero-order valence-electron chi connectivity index (χ0n) is 19.0. The van der Waals surface area contributed by atoms with Gasteiger partial charge in [0.05, 0.1) is 23.0 Å². The molecule has 0 radical (unpaired) electrons. The van der Waals surface area contributed by atoms with E-state index in [4.69, 9.17) is 26.3 Å². The molecule has 1 aliphatic carbocycles. The summed E-state index contributed by atoms with van der Waals surface area (Å²) >= 11 is 6.63. The minimum Gasteiger partial charge on any atom is -0.381 e. The molecular weight excluding hydrogens is 444 g/mol. The van der Waals surface area contributed by atoms with Gasteiger partial charge in [-0.1, -0.05) is 60.1 Å². The zero-order chi connectivity index (χ0) is 23.1. The Labute approximate surface area is 203 Å². The first-order valence-electron chi connectivity index (χ1n) is 11.7. The van der Waals surface area contributed by atoms with Crippen LogP contribution in [0, 0.1) is 0 Å². The monoisotopic (exact) mass is 468 g/mol. The Hall–Kier alpha value is -3.28. The van der Waals surface area contributed by atoms with E-state index in [1.807, 2.05) is 24.4 Å². The summed E-state index contributed by atoms with van der Waals surface area (Å²) in [7, 11) is 1.80. The van der Waals surface area contributed by atoms with Crippen molar-refractivity contribution in [2.75, 3.05) is 7.11 Å². The highest BCUT2D eigenvalue weighted by molar-refractivity contribution is 6.33. The van der Waals surface area contributed by atoms with E-state index >= 15 is 0 Å². The number of rotatable bonds is 4. The molecule has 0 bridgehead atoms. The molecule has 3 heterocycles. The standard InChI is InChI=1S/C28H25ClN4O/c1-34-22-12-9-20(10-13-22)28-32-25(26-27(29)30-15-16-33(26)28)21-8-7-19-11-14-23(31-24(19)17-21)18-5-3-2-4-6-18/h2-8,11,14-17,20,22H,9-10,12-13H2,1H3/t20-,22-. The van der Waals surface area contributed by atoms with Gasteiger partial charge in [0, 0.05) is 41.9 Å². The molecule has 5 aromatic rings. The van der Waals surface area contributed by atoms with Crippen molar-refractivity contribution in [1.82, 2.24) is 19.4 Å². The largest absolute Gasteiger partial charge is 0.381 e. The van der Waals surface area contributed by atoms with Crippen molar-refractivity contribution in [2.24, 2.45) is 0 Å². The maximum Gasteiger partial charge on any atom is 0.155 e. The fourth-order valence-electron chi connectivity index (χ4n) is 5.10. The molecule has 2 aromatic carbocycles. The van der Waals surface area contributed by atoms with Gasteiger partial charge in [0.2, 0.25) is 0 Å². The average molecular weight is 469 g/mol. The van der Waals surface area contributed by atoms with Crippen LogP contribution in [0.5, 0.6) is 0 Å². The number of pyridine rings is 1. The fourth-order valence-corrected chi connectivity index (χ4v) is 5.34. The van der Waals surface area contributed by atoms with Crippen molar-refractivity contribution >= 4 is 28.0 Å². The number of benzene rings is 2. The van der Waals surface area contributed by atoms with Crippen LogP contribution in [-0.4, -0.2) is 32.6 Å². The summed E-state index contributed by atoms with van der Waals surface area (Å²) in [5, 5.41) is 1.56. The van der Waals surface area contributed by atoms with Gasteiger partial charge in [0.15, 0.2) is 5.15 Å². The van der Waals surface area contributed by atoms with Gasteiger partial charge in [-0.2, -0.15) is 0 Å². The lowest BCUT2D eigenvalue weighted by Crippen LogP contribution is -2.20. The number of hydrogen-bond acceptors (Lipinski definition) is 4. The quantitative estimate of drug-likeness (QED) is 0.286. The second kappa shape index (κ2) is 8.82. The highest BCUT2D eigenvalue weighted by Crippen LogP contribution is 2.38. The maximum absolute atomic E-state index is 6.63. The van der Waals surface area contributed by atoms with E-state index in [-0.39, 0.29) is 0 Å². The minimum absolute atomic E-state index is 0.345. The first kappa shape index (κ1) is 21.3. The molecule has 6 rings (SSSR count). The Balaban J connectivity index is 1.46. The zero-order valence-corrected chi connectivity index (χ0v) is 19.7. The summed E-state index contributed by atoms with van der Waals surface area (Å²) in [6.07, 6.45) is 8.27.